The monoisotopic (exact) mass is 346 g/mol. The van der Waals surface area contributed by atoms with Crippen LogP contribution in [0.4, 0.5) is 10.5 Å². The number of nitro benzene ring substituents is 1. The lowest BCUT2D eigenvalue weighted by molar-refractivity contribution is -0.384. The first kappa shape index (κ1) is 19.0. The molecule has 25 heavy (non-hydrogen) atoms. The molecule has 1 amide bonds. The highest BCUT2D eigenvalue weighted by atomic mass is 16.6. The van der Waals surface area contributed by atoms with Gasteiger partial charge in [0.1, 0.15) is 5.60 Å². The second-order valence-electron chi connectivity index (χ2n) is 7.25. The number of amides is 1. The maximum Gasteiger partial charge on any atom is 0.410 e. The minimum atomic E-state index is -0.506. The molecule has 0 N–H and O–H groups in total. The van der Waals surface area contributed by atoms with Gasteiger partial charge in [-0.05, 0) is 56.4 Å². The zero-order valence-electron chi connectivity index (χ0n) is 15.4. The highest BCUT2D eigenvalue weighted by molar-refractivity contribution is 5.74. The zero-order chi connectivity index (χ0) is 18.6. The lowest BCUT2D eigenvalue weighted by Crippen LogP contribution is -2.39. The lowest BCUT2D eigenvalue weighted by Gasteiger charge is -2.30. The van der Waals surface area contributed by atoms with E-state index < -0.39 is 5.60 Å². The molecule has 0 spiro atoms. The third kappa shape index (κ3) is 5.05. The molecule has 1 aliphatic heterocycles. The maximum absolute atomic E-state index is 12.1. The molecule has 6 heteroatoms. The van der Waals surface area contributed by atoms with Crippen molar-refractivity contribution in [1.82, 2.24) is 4.90 Å². The van der Waals surface area contributed by atoms with Gasteiger partial charge >= 0.3 is 6.09 Å². The van der Waals surface area contributed by atoms with Gasteiger partial charge in [-0.25, -0.2) is 4.79 Å². The Balaban J connectivity index is 2.18. The average molecular weight is 346 g/mol. The Morgan fingerprint density at radius 2 is 2.08 bits per heavy atom. The van der Waals surface area contributed by atoms with Crippen LogP contribution in [0.15, 0.2) is 24.3 Å². The van der Waals surface area contributed by atoms with E-state index in [0.29, 0.717) is 19.5 Å². The van der Waals surface area contributed by atoms with Crippen LogP contribution in [0.2, 0.25) is 0 Å². The van der Waals surface area contributed by atoms with E-state index in [1.807, 2.05) is 32.9 Å². The fourth-order valence-electron chi connectivity index (χ4n) is 2.89. The number of nitrogens with zero attached hydrogens (tertiary/aromatic N) is 2. The van der Waals surface area contributed by atoms with E-state index in [1.54, 1.807) is 17.0 Å². The first-order valence-electron chi connectivity index (χ1n) is 8.66. The van der Waals surface area contributed by atoms with Gasteiger partial charge in [-0.1, -0.05) is 19.4 Å². The summed E-state index contributed by atoms with van der Waals surface area (Å²) in [6, 6.07) is 5.05. The Morgan fingerprint density at radius 1 is 1.36 bits per heavy atom. The van der Waals surface area contributed by atoms with Crippen LogP contribution in [0, 0.1) is 10.1 Å². The summed E-state index contributed by atoms with van der Waals surface area (Å²) in [5.74, 6) is 0. The fraction of sp³-hybridized carbons (Fsp3) is 0.526. The molecule has 136 valence electrons. The molecular weight excluding hydrogens is 320 g/mol. The Labute approximate surface area is 148 Å². The van der Waals surface area contributed by atoms with Gasteiger partial charge in [-0.3, -0.25) is 10.1 Å². The molecule has 6 nitrogen and oxygen atoms in total. The van der Waals surface area contributed by atoms with Crippen molar-refractivity contribution in [3.63, 3.8) is 0 Å². The van der Waals surface area contributed by atoms with E-state index in [-0.39, 0.29) is 16.7 Å². The molecule has 0 saturated carbocycles. The summed E-state index contributed by atoms with van der Waals surface area (Å²) < 4.78 is 5.41. The van der Waals surface area contributed by atoms with E-state index in [4.69, 9.17) is 4.74 Å². The van der Waals surface area contributed by atoms with Crippen molar-refractivity contribution < 1.29 is 14.5 Å². The van der Waals surface area contributed by atoms with Gasteiger partial charge in [-0.15, -0.1) is 0 Å². The molecule has 1 aromatic carbocycles. The predicted molar refractivity (Wildman–Crippen MR) is 97.5 cm³/mol. The molecule has 2 rings (SSSR count). The van der Waals surface area contributed by atoms with Crippen LogP contribution < -0.4 is 0 Å². The number of non-ortho nitro benzene ring substituents is 1. The quantitative estimate of drug-likeness (QED) is 0.591. The standard InChI is InChI=1S/C19H26N2O4/c1-5-6-15-13-16(21(23)24)7-8-17(15)14-9-11-20(12-10-14)18(22)25-19(2,3)4/h7-9,13H,5-6,10-12H2,1-4H3. The average Bonchev–Trinajstić information content (AvgIpc) is 2.53. The molecule has 0 aliphatic carbocycles. The zero-order valence-corrected chi connectivity index (χ0v) is 15.4. The summed E-state index contributed by atoms with van der Waals surface area (Å²) in [4.78, 5) is 24.5. The predicted octanol–water partition coefficient (Wildman–Crippen LogP) is 4.57. The Bertz CT molecular complexity index is 689. The van der Waals surface area contributed by atoms with Crippen molar-refractivity contribution >= 4 is 17.4 Å². The summed E-state index contributed by atoms with van der Waals surface area (Å²) in [6.07, 6.45) is 4.15. The van der Waals surface area contributed by atoms with Gasteiger partial charge in [0.05, 0.1) is 4.92 Å². The minimum absolute atomic E-state index is 0.124. The van der Waals surface area contributed by atoms with E-state index in [2.05, 4.69) is 6.92 Å². The largest absolute Gasteiger partial charge is 0.444 e. The number of carbonyl (C=O) groups is 1. The third-order valence-electron chi connectivity index (χ3n) is 4.03. The molecule has 0 radical (unpaired) electrons. The molecule has 1 aromatic rings. The Hall–Kier alpha value is -2.37. The van der Waals surface area contributed by atoms with E-state index in [0.717, 1.165) is 29.5 Å². The molecular formula is C19H26N2O4. The van der Waals surface area contributed by atoms with Crippen molar-refractivity contribution in [2.75, 3.05) is 13.1 Å². The number of rotatable bonds is 4. The number of ether oxygens (including phenoxy) is 1. The smallest absolute Gasteiger partial charge is 0.410 e. The van der Waals surface area contributed by atoms with Crippen LogP contribution in [0.3, 0.4) is 0 Å². The molecule has 0 atom stereocenters. The molecule has 1 heterocycles. The van der Waals surface area contributed by atoms with Crippen molar-refractivity contribution in [3.8, 4) is 0 Å². The van der Waals surface area contributed by atoms with Crippen LogP contribution in [-0.4, -0.2) is 34.6 Å². The number of carbonyl (C=O) groups excluding carboxylic acids is 1. The lowest BCUT2D eigenvalue weighted by atomic mass is 9.92. The third-order valence-corrected chi connectivity index (χ3v) is 4.03. The van der Waals surface area contributed by atoms with Crippen LogP contribution in [-0.2, 0) is 11.2 Å². The second-order valence-corrected chi connectivity index (χ2v) is 7.25. The van der Waals surface area contributed by atoms with Gasteiger partial charge in [0.15, 0.2) is 0 Å². The minimum Gasteiger partial charge on any atom is -0.444 e. The first-order chi connectivity index (χ1) is 11.7. The second kappa shape index (κ2) is 7.68. The van der Waals surface area contributed by atoms with Crippen LogP contribution in [0.25, 0.3) is 5.57 Å². The highest BCUT2D eigenvalue weighted by Crippen LogP contribution is 2.29. The van der Waals surface area contributed by atoms with Gasteiger partial charge < -0.3 is 9.64 Å². The van der Waals surface area contributed by atoms with Crippen molar-refractivity contribution in [3.05, 3.63) is 45.5 Å². The Kier molecular flexibility index (Phi) is 5.82. The highest BCUT2D eigenvalue weighted by Gasteiger charge is 2.24. The number of aryl methyl sites for hydroxylation is 1. The van der Waals surface area contributed by atoms with E-state index >= 15 is 0 Å². The molecule has 0 fully saturated rings. The number of nitro groups is 1. The summed E-state index contributed by atoms with van der Waals surface area (Å²) in [7, 11) is 0. The molecule has 0 aromatic heterocycles. The maximum atomic E-state index is 12.1. The number of hydrogen-bond donors (Lipinski definition) is 0. The van der Waals surface area contributed by atoms with Gasteiger partial charge in [0, 0.05) is 25.2 Å². The van der Waals surface area contributed by atoms with E-state index in [1.165, 1.54) is 0 Å². The topological polar surface area (TPSA) is 72.7 Å². The van der Waals surface area contributed by atoms with Gasteiger partial charge in [-0.2, -0.15) is 0 Å². The number of benzene rings is 1. The fourth-order valence-corrected chi connectivity index (χ4v) is 2.89. The molecule has 0 unspecified atom stereocenters. The molecule has 0 bridgehead atoms. The SMILES string of the molecule is CCCc1cc([N+](=O)[O-])ccc1C1=CCN(C(=O)OC(C)(C)C)CC1. The summed E-state index contributed by atoms with van der Waals surface area (Å²) in [6.45, 7) is 8.69. The number of hydrogen-bond acceptors (Lipinski definition) is 4. The Morgan fingerprint density at radius 3 is 2.60 bits per heavy atom. The van der Waals surface area contributed by atoms with E-state index in [9.17, 15) is 14.9 Å². The van der Waals surface area contributed by atoms with Gasteiger partial charge in [0.2, 0.25) is 0 Å². The van der Waals surface area contributed by atoms with Gasteiger partial charge in [0.25, 0.3) is 5.69 Å². The van der Waals surface area contributed by atoms with Crippen LogP contribution in [0.1, 0.15) is 51.7 Å². The molecule has 0 saturated heterocycles. The van der Waals surface area contributed by atoms with Crippen molar-refractivity contribution in [2.45, 2.75) is 52.6 Å². The van der Waals surface area contributed by atoms with Crippen LogP contribution >= 0.6 is 0 Å². The van der Waals surface area contributed by atoms with Crippen LogP contribution in [0.5, 0.6) is 0 Å². The molecule has 1 aliphatic rings. The normalized spacial score (nSPS) is 14.9. The summed E-state index contributed by atoms with van der Waals surface area (Å²) in [5, 5.41) is 11.0. The first-order valence-corrected chi connectivity index (χ1v) is 8.66. The summed E-state index contributed by atoms with van der Waals surface area (Å²) in [5.41, 5.74) is 2.80. The summed E-state index contributed by atoms with van der Waals surface area (Å²) >= 11 is 0. The van der Waals surface area contributed by atoms with Crippen molar-refractivity contribution in [1.29, 1.82) is 0 Å². The van der Waals surface area contributed by atoms with Crippen molar-refractivity contribution in [2.24, 2.45) is 0 Å².